The number of fused-ring (bicyclic) bond motifs is 1. The Morgan fingerprint density at radius 3 is 2.57 bits per heavy atom. The number of rotatable bonds is 5. The number of hydrogen-bond acceptors (Lipinski definition) is 6. The van der Waals surface area contributed by atoms with Gasteiger partial charge in [0.1, 0.15) is 34.4 Å². The van der Waals surface area contributed by atoms with Crippen LogP contribution in [0.5, 0.6) is 17.4 Å². The molecule has 0 fully saturated rings. The maximum Gasteiger partial charge on any atom is 0.269 e. The summed E-state index contributed by atoms with van der Waals surface area (Å²) in [6.07, 6.45) is 2.72. The number of carbonyl (C=O) groups excluding carboxylic acids is 1. The van der Waals surface area contributed by atoms with Gasteiger partial charge in [-0.2, -0.15) is 10.2 Å². The van der Waals surface area contributed by atoms with E-state index in [1.54, 1.807) is 61.8 Å². The van der Waals surface area contributed by atoms with Gasteiger partial charge in [0.2, 0.25) is 5.88 Å². The number of hydrogen-bond donors (Lipinski definition) is 1. The van der Waals surface area contributed by atoms with Crippen molar-refractivity contribution in [2.45, 2.75) is 0 Å². The highest BCUT2D eigenvalue weighted by molar-refractivity contribution is 6.01. The molecule has 0 aliphatic rings. The van der Waals surface area contributed by atoms with E-state index in [2.05, 4.69) is 10.3 Å². The molecule has 8 nitrogen and oxygen atoms in total. The zero-order chi connectivity index (χ0) is 20.1. The molecule has 1 amide bonds. The Kier molecular flexibility index (Phi) is 5.37. The number of nitrogens with zero attached hydrogens (tertiary/aromatic N) is 3. The number of ether oxygens (including phenoxy) is 2. The van der Waals surface area contributed by atoms with Gasteiger partial charge in [-0.05, 0) is 42.5 Å². The van der Waals surface area contributed by atoms with E-state index in [4.69, 9.17) is 9.47 Å². The van der Waals surface area contributed by atoms with E-state index >= 15 is 0 Å². The highest BCUT2D eigenvalue weighted by Crippen LogP contribution is 2.25. The minimum atomic E-state index is -0.615. The molecule has 0 radical (unpaired) electrons. The SMILES string of the molecule is CNC(=O)C(C#N)=Cc1c(Oc2ccc(OC)cc2)nc2ccccn2c1=O. The first kappa shape index (κ1) is 18.7. The number of pyridine rings is 1. The van der Waals surface area contributed by atoms with Crippen molar-refractivity contribution in [2.24, 2.45) is 0 Å². The zero-order valence-electron chi connectivity index (χ0n) is 15.2. The van der Waals surface area contributed by atoms with Crippen molar-refractivity contribution in [3.63, 3.8) is 0 Å². The van der Waals surface area contributed by atoms with Crippen LogP contribution in [-0.2, 0) is 4.79 Å². The molecule has 2 aromatic heterocycles. The Morgan fingerprint density at radius 2 is 1.93 bits per heavy atom. The summed E-state index contributed by atoms with van der Waals surface area (Å²) in [7, 11) is 2.94. The van der Waals surface area contributed by atoms with Gasteiger partial charge < -0.3 is 14.8 Å². The van der Waals surface area contributed by atoms with E-state index < -0.39 is 11.5 Å². The van der Waals surface area contributed by atoms with E-state index in [0.29, 0.717) is 17.1 Å². The molecule has 0 aliphatic heterocycles. The maximum absolute atomic E-state index is 12.9. The van der Waals surface area contributed by atoms with Crippen molar-refractivity contribution in [1.29, 1.82) is 5.26 Å². The van der Waals surface area contributed by atoms with Crippen LogP contribution in [0.1, 0.15) is 5.56 Å². The van der Waals surface area contributed by atoms with Gasteiger partial charge in [-0.3, -0.25) is 14.0 Å². The van der Waals surface area contributed by atoms with Crippen LogP contribution in [0.15, 0.2) is 59.0 Å². The molecule has 1 aromatic carbocycles. The number of benzene rings is 1. The van der Waals surface area contributed by atoms with E-state index in [0.717, 1.165) is 0 Å². The summed E-state index contributed by atoms with van der Waals surface area (Å²) in [4.78, 5) is 29.2. The molecule has 0 bridgehead atoms. The van der Waals surface area contributed by atoms with Crippen LogP contribution < -0.4 is 20.3 Å². The number of aromatic nitrogens is 2. The molecule has 3 aromatic rings. The van der Waals surface area contributed by atoms with E-state index in [1.807, 2.05) is 0 Å². The van der Waals surface area contributed by atoms with Crippen molar-refractivity contribution >= 4 is 17.6 Å². The number of amides is 1. The van der Waals surface area contributed by atoms with Crippen molar-refractivity contribution < 1.29 is 14.3 Å². The number of nitriles is 1. The average Bonchev–Trinajstić information content (AvgIpc) is 2.73. The van der Waals surface area contributed by atoms with E-state index in [-0.39, 0.29) is 17.0 Å². The second-order valence-corrected chi connectivity index (χ2v) is 5.59. The zero-order valence-corrected chi connectivity index (χ0v) is 15.2. The highest BCUT2D eigenvalue weighted by atomic mass is 16.5. The number of carbonyl (C=O) groups is 1. The summed E-state index contributed by atoms with van der Waals surface area (Å²) in [5, 5.41) is 11.6. The Bertz CT molecular complexity index is 1160. The minimum absolute atomic E-state index is 0.0142. The molecule has 0 aliphatic carbocycles. The number of nitrogens with one attached hydrogen (secondary N) is 1. The van der Waals surface area contributed by atoms with Crippen molar-refractivity contribution in [2.75, 3.05) is 14.2 Å². The molecule has 0 saturated carbocycles. The summed E-state index contributed by atoms with van der Waals surface area (Å²) in [6, 6.07) is 13.6. The van der Waals surface area contributed by atoms with Crippen LogP contribution in [0.4, 0.5) is 0 Å². The quantitative estimate of drug-likeness (QED) is 0.540. The molecule has 0 saturated heterocycles. The van der Waals surface area contributed by atoms with Gasteiger partial charge in [0, 0.05) is 13.2 Å². The molecule has 28 heavy (non-hydrogen) atoms. The van der Waals surface area contributed by atoms with Gasteiger partial charge in [-0.1, -0.05) is 6.07 Å². The van der Waals surface area contributed by atoms with Crippen LogP contribution >= 0.6 is 0 Å². The third-order valence-corrected chi connectivity index (χ3v) is 3.89. The van der Waals surface area contributed by atoms with Crippen LogP contribution in [-0.4, -0.2) is 29.4 Å². The maximum atomic E-state index is 12.9. The van der Waals surface area contributed by atoms with E-state index in [9.17, 15) is 14.9 Å². The number of methoxy groups -OCH3 is 1. The van der Waals surface area contributed by atoms with Gasteiger partial charge in [-0.25, -0.2) is 0 Å². The lowest BCUT2D eigenvalue weighted by Gasteiger charge is -2.10. The Morgan fingerprint density at radius 1 is 1.21 bits per heavy atom. The van der Waals surface area contributed by atoms with Crippen LogP contribution in [0.3, 0.4) is 0 Å². The van der Waals surface area contributed by atoms with Crippen LogP contribution in [0.2, 0.25) is 0 Å². The average molecular weight is 376 g/mol. The molecule has 3 rings (SSSR count). The molecule has 1 N–H and O–H groups in total. The Balaban J connectivity index is 2.19. The van der Waals surface area contributed by atoms with Gasteiger partial charge in [0.15, 0.2) is 0 Å². The summed E-state index contributed by atoms with van der Waals surface area (Å²) < 4.78 is 12.2. The smallest absolute Gasteiger partial charge is 0.269 e. The lowest BCUT2D eigenvalue weighted by molar-refractivity contribution is -0.116. The highest BCUT2D eigenvalue weighted by Gasteiger charge is 2.16. The molecular formula is C20H16N4O4. The first-order valence-electron chi connectivity index (χ1n) is 8.24. The molecule has 0 atom stereocenters. The lowest BCUT2D eigenvalue weighted by Crippen LogP contribution is -2.22. The van der Waals surface area contributed by atoms with Crippen molar-refractivity contribution in [1.82, 2.24) is 14.7 Å². The molecule has 0 unspecified atom stereocenters. The standard InChI is InChI=1S/C20H16N4O4/c1-22-18(25)13(12-21)11-16-19(28-15-8-6-14(27-2)7-9-15)23-17-5-3-4-10-24(17)20(16)26/h3-11H,1-2H3,(H,22,25). The van der Waals surface area contributed by atoms with Gasteiger partial charge in [0.05, 0.1) is 7.11 Å². The first-order valence-corrected chi connectivity index (χ1v) is 8.24. The Labute approximate surface area is 160 Å². The molecule has 8 heteroatoms. The predicted octanol–water partition coefficient (Wildman–Crippen LogP) is 2.15. The summed E-state index contributed by atoms with van der Waals surface area (Å²) in [6.45, 7) is 0. The molecular weight excluding hydrogens is 360 g/mol. The Hall–Kier alpha value is -4.12. The fourth-order valence-electron chi connectivity index (χ4n) is 2.47. The first-order chi connectivity index (χ1) is 13.6. The van der Waals surface area contributed by atoms with Crippen LogP contribution in [0.25, 0.3) is 11.7 Å². The monoisotopic (exact) mass is 376 g/mol. The number of likely N-dealkylation sites (N-methyl/N-ethyl adjacent to an activating group) is 1. The minimum Gasteiger partial charge on any atom is -0.497 e. The van der Waals surface area contributed by atoms with Gasteiger partial charge in [0.25, 0.3) is 11.5 Å². The summed E-state index contributed by atoms with van der Waals surface area (Å²) in [5.41, 5.74) is -0.353. The fourth-order valence-corrected chi connectivity index (χ4v) is 2.47. The van der Waals surface area contributed by atoms with E-state index in [1.165, 1.54) is 17.5 Å². The predicted molar refractivity (Wildman–Crippen MR) is 102 cm³/mol. The van der Waals surface area contributed by atoms with Crippen LogP contribution in [0, 0.1) is 11.3 Å². The topological polar surface area (TPSA) is 106 Å². The van der Waals surface area contributed by atoms with Crippen molar-refractivity contribution in [3.8, 4) is 23.4 Å². The fraction of sp³-hybridized carbons (Fsp3) is 0.100. The largest absolute Gasteiger partial charge is 0.497 e. The third kappa shape index (κ3) is 3.68. The summed E-state index contributed by atoms with van der Waals surface area (Å²) in [5.74, 6) is 0.431. The normalized spacial score (nSPS) is 11.0. The third-order valence-electron chi connectivity index (χ3n) is 3.89. The molecule has 0 spiro atoms. The molecule has 140 valence electrons. The molecule has 2 heterocycles. The van der Waals surface area contributed by atoms with Gasteiger partial charge >= 0.3 is 0 Å². The second kappa shape index (κ2) is 8.05. The van der Waals surface area contributed by atoms with Gasteiger partial charge in [-0.15, -0.1) is 0 Å². The summed E-state index contributed by atoms with van der Waals surface area (Å²) >= 11 is 0. The lowest BCUT2D eigenvalue weighted by atomic mass is 10.1. The second-order valence-electron chi connectivity index (χ2n) is 5.59. The van der Waals surface area contributed by atoms with Crippen molar-refractivity contribution in [3.05, 3.63) is 70.2 Å².